The van der Waals surface area contributed by atoms with Crippen LogP contribution in [0.4, 0.5) is 0 Å². The summed E-state index contributed by atoms with van der Waals surface area (Å²) >= 11 is 0. The summed E-state index contributed by atoms with van der Waals surface area (Å²) in [5.41, 5.74) is 2.79. The van der Waals surface area contributed by atoms with Gasteiger partial charge in [-0.1, -0.05) is 23.2 Å². The second-order valence-corrected chi connectivity index (χ2v) is 6.05. The van der Waals surface area contributed by atoms with Crippen LogP contribution >= 0.6 is 0 Å². The van der Waals surface area contributed by atoms with Gasteiger partial charge >= 0.3 is 0 Å². The summed E-state index contributed by atoms with van der Waals surface area (Å²) in [4.78, 5) is 4.13. The minimum atomic E-state index is -0.642. The van der Waals surface area contributed by atoms with Gasteiger partial charge in [0.1, 0.15) is 17.6 Å². The third kappa shape index (κ3) is 4.60. The summed E-state index contributed by atoms with van der Waals surface area (Å²) in [6.45, 7) is 2.34. The van der Waals surface area contributed by atoms with E-state index in [1.807, 2.05) is 28.8 Å². The fourth-order valence-electron chi connectivity index (χ4n) is 2.61. The molecule has 6 nitrogen and oxygen atoms in total. The number of aromatic nitrogens is 3. The van der Waals surface area contributed by atoms with Crippen molar-refractivity contribution in [1.29, 1.82) is 0 Å². The van der Waals surface area contributed by atoms with Crippen molar-refractivity contribution in [2.45, 2.75) is 32.4 Å². The van der Waals surface area contributed by atoms with E-state index in [-0.39, 0.29) is 6.61 Å². The summed E-state index contributed by atoms with van der Waals surface area (Å²) in [7, 11) is 0. The SMILES string of the molecule is C[C@@H](O)c1nccn1Cc1cc(C#Cc2ccc(CCCO)cc2)on1. The number of hydrogen-bond acceptors (Lipinski definition) is 5. The van der Waals surface area contributed by atoms with Gasteiger partial charge in [0.2, 0.25) is 5.76 Å². The highest BCUT2D eigenvalue weighted by Gasteiger charge is 2.10. The van der Waals surface area contributed by atoms with Gasteiger partial charge in [0.15, 0.2) is 0 Å². The lowest BCUT2D eigenvalue weighted by atomic mass is 10.1. The Morgan fingerprint density at radius 1 is 1.23 bits per heavy atom. The van der Waals surface area contributed by atoms with E-state index >= 15 is 0 Å². The predicted octanol–water partition coefficient (Wildman–Crippen LogP) is 2.30. The molecule has 2 heterocycles. The van der Waals surface area contributed by atoms with E-state index in [0.29, 0.717) is 23.8 Å². The van der Waals surface area contributed by atoms with Gasteiger partial charge in [-0.2, -0.15) is 0 Å². The van der Waals surface area contributed by atoms with Gasteiger partial charge < -0.3 is 19.3 Å². The first-order valence-electron chi connectivity index (χ1n) is 8.52. The Labute approximate surface area is 152 Å². The van der Waals surface area contributed by atoms with Crippen molar-refractivity contribution in [2.75, 3.05) is 6.61 Å². The Bertz CT molecular complexity index is 898. The van der Waals surface area contributed by atoms with Crippen molar-refractivity contribution < 1.29 is 14.7 Å². The van der Waals surface area contributed by atoms with Gasteiger partial charge in [-0.25, -0.2) is 4.98 Å². The van der Waals surface area contributed by atoms with Crippen LogP contribution in [0.1, 0.15) is 47.9 Å². The van der Waals surface area contributed by atoms with Gasteiger partial charge in [0, 0.05) is 30.6 Å². The lowest BCUT2D eigenvalue weighted by Crippen LogP contribution is -2.07. The zero-order valence-electron chi connectivity index (χ0n) is 14.6. The smallest absolute Gasteiger partial charge is 0.210 e. The normalized spacial score (nSPS) is 11.8. The lowest BCUT2D eigenvalue weighted by Gasteiger charge is -2.07. The monoisotopic (exact) mass is 351 g/mol. The molecule has 3 rings (SSSR count). The number of aliphatic hydroxyl groups excluding tert-OH is 2. The van der Waals surface area contributed by atoms with Crippen molar-refractivity contribution in [2.24, 2.45) is 0 Å². The largest absolute Gasteiger partial charge is 0.396 e. The van der Waals surface area contributed by atoms with Crippen LogP contribution in [0.5, 0.6) is 0 Å². The zero-order chi connectivity index (χ0) is 18.4. The highest BCUT2D eigenvalue weighted by atomic mass is 16.5. The zero-order valence-corrected chi connectivity index (χ0v) is 14.6. The molecular weight excluding hydrogens is 330 g/mol. The van der Waals surface area contributed by atoms with Crippen LogP contribution in [0, 0.1) is 11.8 Å². The molecule has 2 N–H and O–H groups in total. The molecule has 0 saturated carbocycles. The summed E-state index contributed by atoms with van der Waals surface area (Å²) < 4.78 is 7.09. The first-order valence-corrected chi connectivity index (χ1v) is 8.52. The molecule has 1 atom stereocenters. The first kappa shape index (κ1) is 17.9. The van der Waals surface area contributed by atoms with E-state index in [1.165, 1.54) is 5.56 Å². The Balaban J connectivity index is 1.65. The average molecular weight is 351 g/mol. The second kappa shape index (κ2) is 8.48. The van der Waals surface area contributed by atoms with Crippen LogP contribution in [0.3, 0.4) is 0 Å². The summed E-state index contributed by atoms with van der Waals surface area (Å²) in [6, 6.07) is 9.73. The second-order valence-electron chi connectivity index (χ2n) is 6.05. The number of nitrogens with zero attached hydrogens (tertiary/aromatic N) is 3. The molecule has 0 radical (unpaired) electrons. The molecule has 0 amide bonds. The van der Waals surface area contributed by atoms with Crippen molar-refractivity contribution in [3.05, 3.63) is 71.1 Å². The van der Waals surface area contributed by atoms with Crippen LogP contribution in [0.15, 0.2) is 47.2 Å². The average Bonchev–Trinajstić information content (AvgIpc) is 3.29. The maximum absolute atomic E-state index is 9.69. The predicted molar refractivity (Wildman–Crippen MR) is 96.3 cm³/mol. The van der Waals surface area contributed by atoms with E-state index in [2.05, 4.69) is 22.0 Å². The highest BCUT2D eigenvalue weighted by molar-refractivity contribution is 5.40. The fourth-order valence-corrected chi connectivity index (χ4v) is 2.61. The van der Waals surface area contributed by atoms with Crippen LogP contribution in [-0.4, -0.2) is 31.5 Å². The molecule has 3 aromatic rings. The molecule has 26 heavy (non-hydrogen) atoms. The van der Waals surface area contributed by atoms with E-state index in [4.69, 9.17) is 9.63 Å². The molecule has 1 aromatic carbocycles. The van der Waals surface area contributed by atoms with E-state index < -0.39 is 6.10 Å². The minimum absolute atomic E-state index is 0.202. The number of aryl methyl sites for hydroxylation is 1. The highest BCUT2D eigenvalue weighted by Crippen LogP contribution is 2.12. The molecule has 0 aliphatic carbocycles. The fraction of sp³-hybridized carbons (Fsp3) is 0.300. The summed E-state index contributed by atoms with van der Waals surface area (Å²) in [5.74, 6) is 7.10. The number of imidazole rings is 1. The van der Waals surface area contributed by atoms with E-state index in [0.717, 1.165) is 18.4 Å². The van der Waals surface area contributed by atoms with Crippen molar-refractivity contribution >= 4 is 0 Å². The van der Waals surface area contributed by atoms with E-state index in [9.17, 15) is 5.11 Å². The Hall–Kier alpha value is -2.88. The number of aliphatic hydroxyl groups is 2. The molecule has 0 fully saturated rings. The van der Waals surface area contributed by atoms with Crippen LogP contribution < -0.4 is 0 Å². The van der Waals surface area contributed by atoms with Crippen LogP contribution in [-0.2, 0) is 13.0 Å². The Morgan fingerprint density at radius 2 is 2.04 bits per heavy atom. The van der Waals surface area contributed by atoms with Crippen molar-refractivity contribution in [1.82, 2.24) is 14.7 Å². The maximum atomic E-state index is 9.69. The van der Waals surface area contributed by atoms with E-state index in [1.54, 1.807) is 25.4 Å². The molecule has 0 unspecified atom stereocenters. The van der Waals surface area contributed by atoms with Gasteiger partial charge in [-0.3, -0.25) is 0 Å². The van der Waals surface area contributed by atoms with Crippen molar-refractivity contribution in [3.63, 3.8) is 0 Å². The first-order chi connectivity index (χ1) is 12.7. The van der Waals surface area contributed by atoms with Gasteiger partial charge in [0.25, 0.3) is 0 Å². The number of hydrogen-bond donors (Lipinski definition) is 2. The lowest BCUT2D eigenvalue weighted by molar-refractivity contribution is 0.184. The molecule has 0 aliphatic rings. The Kier molecular flexibility index (Phi) is 5.84. The summed E-state index contributed by atoms with van der Waals surface area (Å²) in [5, 5.41) is 22.6. The van der Waals surface area contributed by atoms with Crippen LogP contribution in [0.25, 0.3) is 0 Å². The molecule has 134 valence electrons. The maximum Gasteiger partial charge on any atom is 0.210 e. The molecular formula is C20H21N3O3. The van der Waals surface area contributed by atoms with Gasteiger partial charge in [-0.15, -0.1) is 0 Å². The Morgan fingerprint density at radius 3 is 2.77 bits per heavy atom. The molecule has 2 aromatic heterocycles. The molecule has 6 heteroatoms. The van der Waals surface area contributed by atoms with Crippen LogP contribution in [0.2, 0.25) is 0 Å². The topological polar surface area (TPSA) is 84.3 Å². The minimum Gasteiger partial charge on any atom is -0.396 e. The molecule has 0 saturated heterocycles. The number of benzene rings is 1. The molecule has 0 bridgehead atoms. The quantitative estimate of drug-likeness (QED) is 0.666. The number of rotatable bonds is 6. The molecule has 0 spiro atoms. The summed E-state index contributed by atoms with van der Waals surface area (Å²) in [6.07, 6.45) is 4.42. The van der Waals surface area contributed by atoms with Crippen molar-refractivity contribution in [3.8, 4) is 11.8 Å². The molecule has 0 aliphatic heterocycles. The van der Waals surface area contributed by atoms with Gasteiger partial charge in [-0.05, 0) is 43.4 Å². The third-order valence-electron chi connectivity index (χ3n) is 3.92. The van der Waals surface area contributed by atoms with Gasteiger partial charge in [0.05, 0.1) is 6.54 Å². The third-order valence-corrected chi connectivity index (χ3v) is 3.92. The standard InChI is InChI=1S/C20H21N3O3/c1-15(25)20-21-10-11-23(20)14-18-13-19(26-22-18)9-8-17-6-4-16(5-7-17)3-2-12-24/h4-7,10-11,13,15,24-25H,2-3,12,14H2,1H3/t15-/m1/s1.